The largest absolute Gasteiger partial charge is 0.366 e. The van der Waals surface area contributed by atoms with Crippen molar-refractivity contribution in [2.45, 2.75) is 6.04 Å². The third-order valence-corrected chi connectivity index (χ3v) is 3.55. The Kier molecular flexibility index (Phi) is 3.76. The van der Waals surface area contributed by atoms with E-state index in [-0.39, 0.29) is 11.9 Å². The molecule has 0 fully saturated rings. The zero-order valence-corrected chi connectivity index (χ0v) is 10.5. The summed E-state index contributed by atoms with van der Waals surface area (Å²) in [4.78, 5) is 2.07. The van der Waals surface area contributed by atoms with E-state index in [9.17, 15) is 4.39 Å². The Balaban J connectivity index is 2.23. The van der Waals surface area contributed by atoms with E-state index in [1.165, 1.54) is 17.7 Å². The molecule has 0 bridgehead atoms. The molecule has 17 heavy (non-hydrogen) atoms. The average molecular weight is 250 g/mol. The third kappa shape index (κ3) is 2.65. The van der Waals surface area contributed by atoms with Crippen molar-refractivity contribution in [3.63, 3.8) is 0 Å². The van der Waals surface area contributed by atoms with Crippen LogP contribution in [0.4, 0.5) is 10.1 Å². The van der Waals surface area contributed by atoms with E-state index < -0.39 is 0 Å². The van der Waals surface area contributed by atoms with Crippen molar-refractivity contribution in [2.24, 2.45) is 5.73 Å². The van der Waals surface area contributed by atoms with Crippen LogP contribution in [0, 0.1) is 5.82 Å². The van der Waals surface area contributed by atoms with Gasteiger partial charge in [0.1, 0.15) is 5.82 Å². The second-order valence-corrected chi connectivity index (χ2v) is 4.68. The van der Waals surface area contributed by atoms with E-state index >= 15 is 0 Å². The van der Waals surface area contributed by atoms with Gasteiger partial charge in [-0.25, -0.2) is 4.39 Å². The Bertz CT molecular complexity index is 453. The monoisotopic (exact) mass is 250 g/mol. The summed E-state index contributed by atoms with van der Waals surface area (Å²) in [5.41, 5.74) is 7.99. The molecule has 2 N–H and O–H groups in total. The molecule has 2 nitrogen and oxygen atoms in total. The third-order valence-electron chi connectivity index (χ3n) is 2.85. The van der Waals surface area contributed by atoms with Gasteiger partial charge in [0.05, 0.1) is 6.04 Å². The van der Waals surface area contributed by atoms with Crippen LogP contribution in [0.5, 0.6) is 0 Å². The van der Waals surface area contributed by atoms with Crippen LogP contribution < -0.4 is 10.6 Å². The Labute approximate surface area is 104 Å². The molecule has 0 spiro atoms. The number of hydrogen-bond donors (Lipinski definition) is 1. The molecule has 2 rings (SSSR count). The number of rotatable bonds is 4. The van der Waals surface area contributed by atoms with Gasteiger partial charge >= 0.3 is 0 Å². The maximum absolute atomic E-state index is 12.9. The number of halogens is 1. The van der Waals surface area contributed by atoms with Crippen molar-refractivity contribution >= 4 is 17.0 Å². The fourth-order valence-electron chi connectivity index (χ4n) is 1.84. The molecule has 2 aromatic rings. The highest BCUT2D eigenvalue weighted by Crippen LogP contribution is 2.26. The molecule has 1 aromatic carbocycles. The molecule has 0 aliphatic heterocycles. The molecule has 0 saturated carbocycles. The predicted octanol–water partition coefficient (Wildman–Crippen LogP) is 3.02. The van der Waals surface area contributed by atoms with Gasteiger partial charge in [-0.3, -0.25) is 0 Å². The fraction of sp³-hybridized carbons (Fsp3) is 0.231. The summed E-state index contributed by atoms with van der Waals surface area (Å²) in [7, 11) is 1.97. The van der Waals surface area contributed by atoms with Gasteiger partial charge in [-0.05, 0) is 46.7 Å². The number of thiophene rings is 1. The minimum absolute atomic E-state index is 0.131. The van der Waals surface area contributed by atoms with Crippen LogP contribution in [0.3, 0.4) is 0 Å². The van der Waals surface area contributed by atoms with Crippen LogP contribution in [-0.4, -0.2) is 13.6 Å². The Morgan fingerprint density at radius 2 is 2.00 bits per heavy atom. The summed E-state index contributed by atoms with van der Waals surface area (Å²) < 4.78 is 12.9. The summed E-state index contributed by atoms with van der Waals surface area (Å²) in [6.07, 6.45) is 0. The van der Waals surface area contributed by atoms with Crippen molar-refractivity contribution in [1.82, 2.24) is 0 Å². The summed E-state index contributed by atoms with van der Waals surface area (Å²) in [6, 6.07) is 8.67. The molecule has 1 atom stereocenters. The standard InChI is InChI=1S/C13H15FN2S/c1-16(12-4-2-11(14)3-5-12)13(8-15)10-6-7-17-9-10/h2-7,9,13H,8,15H2,1H3. The molecule has 1 aromatic heterocycles. The van der Waals surface area contributed by atoms with Crippen molar-refractivity contribution < 1.29 is 4.39 Å². The van der Waals surface area contributed by atoms with Gasteiger partial charge in [0, 0.05) is 19.3 Å². The van der Waals surface area contributed by atoms with Gasteiger partial charge in [0.2, 0.25) is 0 Å². The molecule has 0 aliphatic carbocycles. The number of nitrogens with zero attached hydrogens (tertiary/aromatic N) is 1. The van der Waals surface area contributed by atoms with Crippen LogP contribution in [0.1, 0.15) is 11.6 Å². The van der Waals surface area contributed by atoms with Crippen LogP contribution in [0.25, 0.3) is 0 Å². The number of nitrogens with two attached hydrogens (primary N) is 1. The van der Waals surface area contributed by atoms with Gasteiger partial charge in [-0.15, -0.1) is 0 Å². The molecule has 4 heteroatoms. The van der Waals surface area contributed by atoms with E-state index in [2.05, 4.69) is 16.3 Å². The highest BCUT2D eigenvalue weighted by atomic mass is 32.1. The Hall–Kier alpha value is -1.39. The van der Waals surface area contributed by atoms with E-state index in [1.54, 1.807) is 23.5 Å². The fourth-order valence-corrected chi connectivity index (χ4v) is 2.55. The maximum atomic E-state index is 12.9. The molecule has 1 heterocycles. The van der Waals surface area contributed by atoms with E-state index in [1.807, 2.05) is 12.4 Å². The number of likely N-dealkylation sites (N-methyl/N-ethyl adjacent to an activating group) is 1. The van der Waals surface area contributed by atoms with Crippen LogP contribution in [-0.2, 0) is 0 Å². The topological polar surface area (TPSA) is 29.3 Å². The van der Waals surface area contributed by atoms with Crippen molar-refractivity contribution in [3.8, 4) is 0 Å². The average Bonchev–Trinajstić information content (AvgIpc) is 2.84. The molecular formula is C13H15FN2S. The van der Waals surface area contributed by atoms with Gasteiger partial charge in [0.15, 0.2) is 0 Å². The minimum Gasteiger partial charge on any atom is -0.366 e. The summed E-state index contributed by atoms with van der Waals surface area (Å²) in [5, 5.41) is 4.13. The normalized spacial score (nSPS) is 12.4. The summed E-state index contributed by atoms with van der Waals surface area (Å²) >= 11 is 1.66. The lowest BCUT2D eigenvalue weighted by Gasteiger charge is -2.28. The van der Waals surface area contributed by atoms with E-state index in [4.69, 9.17) is 5.73 Å². The molecule has 0 radical (unpaired) electrons. The Morgan fingerprint density at radius 1 is 1.29 bits per heavy atom. The first-order chi connectivity index (χ1) is 8.22. The number of hydrogen-bond acceptors (Lipinski definition) is 3. The van der Waals surface area contributed by atoms with Gasteiger partial charge in [-0.1, -0.05) is 0 Å². The summed E-state index contributed by atoms with van der Waals surface area (Å²) in [6.45, 7) is 0.532. The molecule has 1 unspecified atom stereocenters. The molecule has 0 saturated heterocycles. The first-order valence-electron chi connectivity index (χ1n) is 5.43. The summed E-state index contributed by atoms with van der Waals surface area (Å²) in [5.74, 6) is -0.220. The van der Waals surface area contributed by atoms with Crippen molar-refractivity contribution in [1.29, 1.82) is 0 Å². The number of anilines is 1. The predicted molar refractivity (Wildman–Crippen MR) is 70.9 cm³/mol. The molecule has 0 amide bonds. The van der Waals surface area contributed by atoms with Crippen LogP contribution in [0.2, 0.25) is 0 Å². The second-order valence-electron chi connectivity index (χ2n) is 3.90. The van der Waals surface area contributed by atoms with Gasteiger partial charge in [-0.2, -0.15) is 11.3 Å². The molecular weight excluding hydrogens is 235 g/mol. The lowest BCUT2D eigenvalue weighted by Crippen LogP contribution is -2.30. The van der Waals surface area contributed by atoms with E-state index in [0.29, 0.717) is 6.54 Å². The van der Waals surface area contributed by atoms with Crippen molar-refractivity contribution in [3.05, 3.63) is 52.5 Å². The zero-order chi connectivity index (χ0) is 12.3. The highest BCUT2D eigenvalue weighted by Gasteiger charge is 2.16. The zero-order valence-electron chi connectivity index (χ0n) is 9.64. The van der Waals surface area contributed by atoms with Crippen LogP contribution >= 0.6 is 11.3 Å². The number of benzene rings is 1. The van der Waals surface area contributed by atoms with Crippen molar-refractivity contribution in [2.75, 3.05) is 18.5 Å². The first kappa shape index (κ1) is 12.1. The minimum atomic E-state index is -0.220. The highest BCUT2D eigenvalue weighted by molar-refractivity contribution is 7.08. The molecule has 0 aliphatic rings. The lowest BCUT2D eigenvalue weighted by atomic mass is 10.1. The quantitative estimate of drug-likeness (QED) is 0.903. The molecule has 90 valence electrons. The second kappa shape index (κ2) is 5.29. The maximum Gasteiger partial charge on any atom is 0.123 e. The smallest absolute Gasteiger partial charge is 0.123 e. The Morgan fingerprint density at radius 3 is 2.53 bits per heavy atom. The SMILES string of the molecule is CN(c1ccc(F)cc1)C(CN)c1ccsc1. The first-order valence-corrected chi connectivity index (χ1v) is 6.37. The van der Waals surface area contributed by atoms with Crippen LogP contribution in [0.15, 0.2) is 41.1 Å². The van der Waals surface area contributed by atoms with E-state index in [0.717, 1.165) is 5.69 Å². The van der Waals surface area contributed by atoms with Gasteiger partial charge < -0.3 is 10.6 Å². The van der Waals surface area contributed by atoms with Gasteiger partial charge in [0.25, 0.3) is 0 Å². The lowest BCUT2D eigenvalue weighted by molar-refractivity contribution is 0.626.